The zero-order valence-corrected chi connectivity index (χ0v) is 8.29. The highest BCUT2D eigenvalue weighted by atomic mass is 35.5. The maximum Gasteiger partial charge on any atom is 0.235 e. The van der Waals surface area contributed by atoms with Gasteiger partial charge in [0.25, 0.3) is 0 Å². The summed E-state index contributed by atoms with van der Waals surface area (Å²) in [6, 6.07) is 2.73. The average molecular weight is 234 g/mol. The Labute approximate surface area is 89.5 Å². The summed E-state index contributed by atoms with van der Waals surface area (Å²) in [7, 11) is 0. The molecule has 74 valence electrons. The van der Waals surface area contributed by atoms with Crippen molar-refractivity contribution in [3.8, 4) is 5.75 Å². The maximum absolute atomic E-state index is 10.0. The van der Waals surface area contributed by atoms with E-state index in [1.165, 1.54) is 12.1 Å². The van der Waals surface area contributed by atoms with Crippen LogP contribution in [0.1, 0.15) is 5.56 Å². The summed E-state index contributed by atoms with van der Waals surface area (Å²) in [5.41, 5.74) is 0.208. The fourth-order valence-corrected chi connectivity index (χ4v) is 1.36. The third kappa shape index (κ3) is 2.61. The van der Waals surface area contributed by atoms with Gasteiger partial charge in [0, 0.05) is 16.7 Å². The second kappa shape index (κ2) is 4.30. The number of hydrogen-bond acceptors (Lipinski definition) is 3. The Morgan fingerprint density at radius 3 is 2.64 bits per heavy atom. The highest BCUT2D eigenvalue weighted by Crippen LogP contribution is 2.31. The van der Waals surface area contributed by atoms with Crippen molar-refractivity contribution in [2.24, 2.45) is 0 Å². The Morgan fingerprint density at radius 1 is 1.43 bits per heavy atom. The van der Waals surface area contributed by atoms with Crippen molar-refractivity contribution in [2.75, 3.05) is 0 Å². The number of nitrogens with zero attached hydrogens (tertiary/aromatic N) is 1. The van der Waals surface area contributed by atoms with Crippen LogP contribution in [0.5, 0.6) is 5.75 Å². The van der Waals surface area contributed by atoms with Crippen LogP contribution in [-0.2, 0) is 0 Å². The van der Waals surface area contributed by atoms with Gasteiger partial charge in [-0.25, -0.2) is 0 Å². The molecule has 0 aliphatic heterocycles. The van der Waals surface area contributed by atoms with Crippen LogP contribution in [0, 0.1) is 10.1 Å². The topological polar surface area (TPSA) is 63.4 Å². The lowest BCUT2D eigenvalue weighted by molar-refractivity contribution is -0.400. The first-order valence-electron chi connectivity index (χ1n) is 3.50. The molecule has 0 saturated carbocycles. The molecule has 0 aliphatic rings. The van der Waals surface area contributed by atoms with E-state index in [9.17, 15) is 15.2 Å². The second-order valence-electron chi connectivity index (χ2n) is 2.43. The number of nitro groups is 1. The first kappa shape index (κ1) is 10.8. The number of hydrogen-bond donors (Lipinski definition) is 1. The number of halogens is 2. The number of phenols is 1. The van der Waals surface area contributed by atoms with E-state index < -0.39 is 4.92 Å². The van der Waals surface area contributed by atoms with Gasteiger partial charge in [0.05, 0.1) is 9.95 Å². The van der Waals surface area contributed by atoms with Gasteiger partial charge in [0.1, 0.15) is 5.75 Å². The molecule has 1 N–H and O–H groups in total. The molecule has 0 atom stereocenters. The molecule has 1 rings (SSSR count). The van der Waals surface area contributed by atoms with Crippen molar-refractivity contribution in [1.29, 1.82) is 0 Å². The number of phenolic OH excluding ortho intramolecular Hbond substituents is 1. The predicted molar refractivity (Wildman–Crippen MR) is 54.2 cm³/mol. The molecule has 6 heteroatoms. The minimum atomic E-state index is -0.645. The lowest BCUT2D eigenvalue weighted by Gasteiger charge is -2.01. The fourth-order valence-electron chi connectivity index (χ4n) is 0.854. The molecule has 14 heavy (non-hydrogen) atoms. The quantitative estimate of drug-likeness (QED) is 0.631. The first-order valence-corrected chi connectivity index (χ1v) is 4.26. The Balaban J connectivity index is 3.14. The highest BCUT2D eigenvalue weighted by molar-refractivity contribution is 6.35. The molecule has 0 saturated heterocycles. The van der Waals surface area contributed by atoms with Crippen LogP contribution in [0.4, 0.5) is 0 Å². The van der Waals surface area contributed by atoms with E-state index >= 15 is 0 Å². The minimum absolute atomic E-state index is 0.0560. The molecule has 0 radical (unpaired) electrons. The fraction of sp³-hybridized carbons (Fsp3) is 0. The summed E-state index contributed by atoms with van der Waals surface area (Å²) in [5.74, 6) is -0.228. The van der Waals surface area contributed by atoms with Gasteiger partial charge in [-0.15, -0.1) is 0 Å². The molecule has 0 aromatic heterocycles. The molecule has 1 aromatic rings. The summed E-state index contributed by atoms with van der Waals surface area (Å²) in [6.45, 7) is 0. The van der Waals surface area contributed by atoms with Crippen molar-refractivity contribution in [3.05, 3.63) is 44.1 Å². The van der Waals surface area contributed by atoms with Crippen molar-refractivity contribution in [2.45, 2.75) is 0 Å². The van der Waals surface area contributed by atoms with E-state index in [0.29, 0.717) is 11.2 Å². The lowest BCUT2D eigenvalue weighted by Crippen LogP contribution is -1.83. The summed E-state index contributed by atoms with van der Waals surface area (Å²) in [4.78, 5) is 9.38. The average Bonchev–Trinajstić information content (AvgIpc) is 2.08. The van der Waals surface area contributed by atoms with Gasteiger partial charge in [0.15, 0.2) is 0 Å². The van der Waals surface area contributed by atoms with Crippen LogP contribution in [0.3, 0.4) is 0 Å². The number of aromatic hydroxyl groups is 1. The Morgan fingerprint density at radius 2 is 2.07 bits per heavy atom. The van der Waals surface area contributed by atoms with Gasteiger partial charge in [-0.3, -0.25) is 10.1 Å². The predicted octanol–water partition coefficient (Wildman–Crippen LogP) is 2.95. The van der Waals surface area contributed by atoms with Crippen LogP contribution in [0.15, 0.2) is 18.3 Å². The molecule has 0 heterocycles. The van der Waals surface area contributed by atoms with E-state index in [1.54, 1.807) is 0 Å². The van der Waals surface area contributed by atoms with Gasteiger partial charge < -0.3 is 5.11 Å². The molecule has 0 unspecified atom stereocenters. The monoisotopic (exact) mass is 233 g/mol. The van der Waals surface area contributed by atoms with E-state index in [2.05, 4.69) is 0 Å². The summed E-state index contributed by atoms with van der Waals surface area (Å²) in [6.07, 6.45) is 1.81. The van der Waals surface area contributed by atoms with Gasteiger partial charge in [-0.05, 0) is 12.1 Å². The van der Waals surface area contributed by atoms with E-state index in [4.69, 9.17) is 23.2 Å². The molecule has 0 bridgehead atoms. The van der Waals surface area contributed by atoms with Crippen molar-refractivity contribution < 1.29 is 10.0 Å². The highest BCUT2D eigenvalue weighted by Gasteiger charge is 2.05. The number of benzene rings is 1. The smallest absolute Gasteiger partial charge is 0.235 e. The van der Waals surface area contributed by atoms with Crippen molar-refractivity contribution >= 4 is 29.3 Å². The summed E-state index contributed by atoms with van der Waals surface area (Å²) < 4.78 is 0. The Kier molecular flexibility index (Phi) is 3.33. The second-order valence-corrected chi connectivity index (χ2v) is 3.27. The summed E-state index contributed by atoms with van der Waals surface area (Å²) >= 11 is 11.2. The van der Waals surface area contributed by atoms with Gasteiger partial charge in [0.2, 0.25) is 6.20 Å². The van der Waals surface area contributed by atoms with Crippen molar-refractivity contribution in [3.63, 3.8) is 0 Å². The molecular formula is C8H5Cl2NO3. The van der Waals surface area contributed by atoms with Crippen LogP contribution < -0.4 is 0 Å². The Hall–Kier alpha value is -1.26. The third-order valence-corrected chi connectivity index (χ3v) is 1.94. The van der Waals surface area contributed by atoms with E-state index in [1.807, 2.05) is 0 Å². The van der Waals surface area contributed by atoms with E-state index in [-0.39, 0.29) is 16.3 Å². The molecule has 0 spiro atoms. The van der Waals surface area contributed by atoms with Gasteiger partial charge in [-0.2, -0.15) is 0 Å². The first-order chi connectivity index (χ1) is 6.50. The van der Waals surface area contributed by atoms with Gasteiger partial charge >= 0.3 is 0 Å². The zero-order chi connectivity index (χ0) is 10.7. The number of rotatable bonds is 2. The van der Waals surface area contributed by atoms with E-state index in [0.717, 1.165) is 6.08 Å². The normalized spacial score (nSPS) is 10.7. The largest absolute Gasteiger partial charge is 0.506 e. The summed E-state index contributed by atoms with van der Waals surface area (Å²) in [5, 5.41) is 19.8. The SMILES string of the molecule is O=[N+]([O-])/C=C\c1cc(Cl)cc(Cl)c1O. The Bertz CT molecular complexity index is 404. The zero-order valence-electron chi connectivity index (χ0n) is 6.78. The maximum atomic E-state index is 10.0. The van der Waals surface area contributed by atoms with Crippen LogP contribution in [0.25, 0.3) is 6.08 Å². The van der Waals surface area contributed by atoms with Gasteiger partial charge in [-0.1, -0.05) is 23.2 Å². The standard InChI is InChI=1S/C8H5Cl2NO3/c9-6-3-5(1-2-11(13)14)8(12)7(10)4-6/h1-4,12H/b2-1-. The molecule has 1 aromatic carbocycles. The minimum Gasteiger partial charge on any atom is -0.506 e. The lowest BCUT2D eigenvalue weighted by atomic mass is 10.2. The molecule has 0 amide bonds. The van der Waals surface area contributed by atoms with Crippen LogP contribution >= 0.6 is 23.2 Å². The molecule has 0 aliphatic carbocycles. The molecule has 0 fully saturated rings. The van der Waals surface area contributed by atoms with Crippen LogP contribution in [-0.4, -0.2) is 10.0 Å². The van der Waals surface area contributed by atoms with Crippen molar-refractivity contribution in [1.82, 2.24) is 0 Å². The van der Waals surface area contributed by atoms with Crippen LogP contribution in [0.2, 0.25) is 10.0 Å². The molecular weight excluding hydrogens is 229 g/mol. The molecule has 4 nitrogen and oxygen atoms in total. The third-order valence-electron chi connectivity index (χ3n) is 1.43.